The highest BCUT2D eigenvalue weighted by Crippen LogP contribution is 2.39. The van der Waals surface area contributed by atoms with Crippen molar-refractivity contribution < 1.29 is 19.1 Å². The van der Waals surface area contributed by atoms with Crippen LogP contribution in [0.15, 0.2) is 47.1 Å². The minimum atomic E-state index is -0.700. The summed E-state index contributed by atoms with van der Waals surface area (Å²) in [6.45, 7) is 1.67. The number of carbonyl (C=O) groups excluding carboxylic acids is 3. The molecule has 0 saturated carbocycles. The number of carbonyl (C=O) groups is 3. The van der Waals surface area contributed by atoms with Crippen molar-refractivity contribution in [1.29, 1.82) is 0 Å². The summed E-state index contributed by atoms with van der Waals surface area (Å²) in [4.78, 5) is 35.3. The molecular weight excluding hydrogens is 244 g/mol. The van der Waals surface area contributed by atoms with Crippen molar-refractivity contribution in [3.8, 4) is 0 Å². The molecule has 94 valence electrons. The Morgan fingerprint density at radius 2 is 1.63 bits per heavy atom. The Labute approximate surface area is 109 Å². The third kappa shape index (κ3) is 1.64. The quantitative estimate of drug-likeness (QED) is 0.566. The lowest BCUT2D eigenvalue weighted by atomic mass is 9.83. The summed E-state index contributed by atoms with van der Waals surface area (Å²) < 4.78 is 4.62. The molecule has 1 aliphatic heterocycles. The van der Waals surface area contributed by atoms with Crippen LogP contribution in [0, 0.1) is 0 Å². The zero-order valence-corrected chi connectivity index (χ0v) is 10.2. The van der Waals surface area contributed by atoms with Crippen molar-refractivity contribution in [3.63, 3.8) is 0 Å². The van der Waals surface area contributed by atoms with E-state index in [1.54, 1.807) is 19.1 Å². The van der Waals surface area contributed by atoms with Gasteiger partial charge in [-0.15, -0.1) is 0 Å². The number of ether oxygens (including phenoxy) is 1. The van der Waals surface area contributed by atoms with Gasteiger partial charge in [0.25, 0.3) is 0 Å². The molecular formula is C15H10O4. The van der Waals surface area contributed by atoms with Gasteiger partial charge in [0.2, 0.25) is 0 Å². The molecule has 1 aromatic carbocycles. The fourth-order valence-corrected chi connectivity index (χ4v) is 2.42. The van der Waals surface area contributed by atoms with Gasteiger partial charge < -0.3 is 4.74 Å². The van der Waals surface area contributed by atoms with Crippen LogP contribution < -0.4 is 0 Å². The van der Waals surface area contributed by atoms with Crippen molar-refractivity contribution in [2.24, 2.45) is 0 Å². The van der Waals surface area contributed by atoms with E-state index in [1.807, 2.05) is 18.2 Å². The first-order valence-electron chi connectivity index (χ1n) is 5.89. The van der Waals surface area contributed by atoms with Crippen molar-refractivity contribution in [1.82, 2.24) is 0 Å². The standard InChI is InChI=1S/C15H10O4/c1-8-11(16)7-10-13(15(18)19-14(10)17)12(8)9-5-3-2-4-6-9/h2-6H,7H2,1H3. The molecule has 19 heavy (non-hydrogen) atoms. The Kier molecular flexibility index (Phi) is 2.45. The van der Waals surface area contributed by atoms with Crippen LogP contribution in [0.2, 0.25) is 0 Å². The molecule has 0 spiro atoms. The highest BCUT2D eigenvalue weighted by Gasteiger charge is 2.40. The van der Waals surface area contributed by atoms with Crippen LogP contribution in [0.3, 0.4) is 0 Å². The van der Waals surface area contributed by atoms with Crippen LogP contribution in [0.4, 0.5) is 0 Å². The van der Waals surface area contributed by atoms with Crippen molar-refractivity contribution in [2.45, 2.75) is 13.3 Å². The minimum absolute atomic E-state index is 0.0535. The van der Waals surface area contributed by atoms with Gasteiger partial charge >= 0.3 is 11.9 Å². The normalized spacial score (nSPS) is 18.9. The van der Waals surface area contributed by atoms with E-state index in [0.717, 1.165) is 5.56 Å². The highest BCUT2D eigenvalue weighted by atomic mass is 16.6. The van der Waals surface area contributed by atoms with E-state index in [4.69, 9.17) is 0 Å². The van der Waals surface area contributed by atoms with Gasteiger partial charge in [-0.05, 0) is 12.5 Å². The molecule has 0 fully saturated rings. The molecule has 1 aromatic rings. The summed E-state index contributed by atoms with van der Waals surface area (Å²) in [5.41, 5.74) is 2.18. The number of cyclic esters (lactones) is 2. The van der Waals surface area contributed by atoms with Crippen LogP contribution in [0.1, 0.15) is 18.9 Å². The first kappa shape index (κ1) is 11.6. The smallest absolute Gasteiger partial charge is 0.347 e. The van der Waals surface area contributed by atoms with Gasteiger partial charge in [0.15, 0.2) is 5.78 Å². The lowest BCUT2D eigenvalue weighted by Crippen LogP contribution is -2.15. The first-order chi connectivity index (χ1) is 9.09. The third-order valence-corrected chi connectivity index (χ3v) is 3.38. The second-order valence-electron chi connectivity index (χ2n) is 4.50. The maximum absolute atomic E-state index is 12.0. The number of Topliss-reactive ketones (excluding diaryl/α,β-unsaturated/α-hetero) is 1. The van der Waals surface area contributed by atoms with Gasteiger partial charge in [-0.1, -0.05) is 30.3 Å². The monoisotopic (exact) mass is 254 g/mol. The number of hydrogen-bond donors (Lipinski definition) is 0. The fraction of sp³-hybridized carbons (Fsp3) is 0.133. The average molecular weight is 254 g/mol. The average Bonchev–Trinajstić information content (AvgIpc) is 2.67. The Hall–Kier alpha value is -2.49. The van der Waals surface area contributed by atoms with Gasteiger partial charge in [-0.3, -0.25) is 4.79 Å². The molecule has 1 aliphatic carbocycles. The number of allylic oxidation sites excluding steroid dienone is 1. The van der Waals surface area contributed by atoms with Gasteiger partial charge in [-0.2, -0.15) is 0 Å². The Balaban J connectivity index is 2.27. The van der Waals surface area contributed by atoms with Gasteiger partial charge in [0.1, 0.15) is 0 Å². The molecule has 4 heteroatoms. The summed E-state index contributed by atoms with van der Waals surface area (Å²) >= 11 is 0. The van der Waals surface area contributed by atoms with Crippen molar-refractivity contribution in [2.75, 3.05) is 0 Å². The summed E-state index contributed by atoms with van der Waals surface area (Å²) in [6, 6.07) is 9.09. The number of ketones is 1. The SMILES string of the molecule is CC1=C(c2ccccc2)C2=C(CC1=O)C(=O)OC2=O. The molecule has 2 aliphatic rings. The summed E-state index contributed by atoms with van der Waals surface area (Å²) in [7, 11) is 0. The van der Waals surface area contributed by atoms with E-state index in [1.165, 1.54) is 0 Å². The minimum Gasteiger partial charge on any atom is -0.386 e. The molecule has 0 saturated heterocycles. The van der Waals surface area contributed by atoms with Crippen LogP contribution >= 0.6 is 0 Å². The van der Waals surface area contributed by atoms with Crippen LogP contribution in [0.25, 0.3) is 5.57 Å². The third-order valence-electron chi connectivity index (χ3n) is 3.38. The Bertz CT molecular complexity index is 677. The largest absolute Gasteiger partial charge is 0.386 e. The van der Waals surface area contributed by atoms with Crippen molar-refractivity contribution in [3.05, 3.63) is 52.6 Å². The topological polar surface area (TPSA) is 60.4 Å². The molecule has 0 unspecified atom stereocenters. The zero-order chi connectivity index (χ0) is 13.6. The summed E-state index contributed by atoms with van der Waals surface area (Å²) in [6.07, 6.45) is -0.0535. The van der Waals surface area contributed by atoms with E-state index >= 15 is 0 Å². The maximum Gasteiger partial charge on any atom is 0.347 e. The molecule has 0 amide bonds. The molecule has 1 heterocycles. The Morgan fingerprint density at radius 1 is 0.947 bits per heavy atom. The first-order valence-corrected chi connectivity index (χ1v) is 5.89. The molecule has 3 rings (SSSR count). The second kappa shape index (κ2) is 4.02. The van der Waals surface area contributed by atoms with Crippen LogP contribution in [0.5, 0.6) is 0 Å². The zero-order valence-electron chi connectivity index (χ0n) is 10.2. The molecule has 0 bridgehead atoms. The van der Waals surface area contributed by atoms with E-state index in [-0.39, 0.29) is 23.4 Å². The number of esters is 2. The van der Waals surface area contributed by atoms with Gasteiger partial charge in [-0.25, -0.2) is 9.59 Å². The summed E-state index contributed by atoms with van der Waals surface area (Å²) in [5, 5.41) is 0. The van der Waals surface area contributed by atoms with Gasteiger partial charge in [0, 0.05) is 17.6 Å². The molecule has 0 atom stereocenters. The van der Waals surface area contributed by atoms with Crippen molar-refractivity contribution >= 4 is 23.3 Å². The predicted octanol–water partition coefficient (Wildman–Crippen LogP) is 1.81. The van der Waals surface area contributed by atoms with Crippen LogP contribution in [-0.2, 0) is 19.1 Å². The second-order valence-corrected chi connectivity index (χ2v) is 4.50. The maximum atomic E-state index is 12.0. The predicted molar refractivity (Wildman–Crippen MR) is 66.8 cm³/mol. The van der Waals surface area contributed by atoms with E-state index in [9.17, 15) is 14.4 Å². The molecule has 4 nitrogen and oxygen atoms in total. The lowest BCUT2D eigenvalue weighted by molar-refractivity contribution is -0.151. The lowest BCUT2D eigenvalue weighted by Gasteiger charge is -2.16. The van der Waals surface area contributed by atoms with E-state index in [2.05, 4.69) is 4.74 Å². The Morgan fingerprint density at radius 3 is 2.32 bits per heavy atom. The number of benzene rings is 1. The molecule has 0 N–H and O–H groups in total. The molecule has 0 aromatic heterocycles. The van der Waals surface area contributed by atoms with Crippen LogP contribution in [-0.4, -0.2) is 17.7 Å². The highest BCUT2D eigenvalue weighted by molar-refractivity contribution is 6.28. The number of hydrogen-bond acceptors (Lipinski definition) is 4. The number of rotatable bonds is 1. The summed E-state index contributed by atoms with van der Waals surface area (Å²) in [5.74, 6) is -1.51. The van der Waals surface area contributed by atoms with Gasteiger partial charge in [0.05, 0.1) is 11.1 Å². The van der Waals surface area contributed by atoms with E-state index < -0.39 is 11.9 Å². The fourth-order valence-electron chi connectivity index (χ4n) is 2.42. The van der Waals surface area contributed by atoms with E-state index in [0.29, 0.717) is 11.1 Å². The molecule has 0 radical (unpaired) electrons.